The largest absolute Gasteiger partial charge is 0.491 e. The van der Waals surface area contributed by atoms with Gasteiger partial charge in [0.05, 0.1) is 17.3 Å². The standard InChI is InChI=1S/C37H42Cl2N8O4/c1-36(2,3)14-15-47-35(48)46(26-42-47)30-7-5-28(6-8-30)43-16-18-44(19-17-43)29-9-11-31(12-10-29)49-21-32-22-50-37(51-32,23-45-25-40-24-41-45)33-13-4-27(38)20-34(33)39/h4-13,20,24-26,32H,14-19,21-23H2,1-3H3. The highest BCUT2D eigenvalue weighted by atomic mass is 35.5. The van der Waals surface area contributed by atoms with Gasteiger partial charge in [-0.1, -0.05) is 50.0 Å². The Bertz CT molecular complexity index is 1970. The zero-order valence-electron chi connectivity index (χ0n) is 29.0. The molecule has 2 atom stereocenters. The zero-order valence-corrected chi connectivity index (χ0v) is 30.5. The summed E-state index contributed by atoms with van der Waals surface area (Å²) in [6, 6.07) is 21.6. The molecule has 12 nitrogen and oxygen atoms in total. The molecule has 51 heavy (non-hydrogen) atoms. The van der Waals surface area contributed by atoms with Crippen molar-refractivity contribution >= 4 is 34.6 Å². The molecule has 0 amide bonds. The highest BCUT2D eigenvalue weighted by Gasteiger charge is 2.45. The number of anilines is 2. The van der Waals surface area contributed by atoms with Crippen molar-refractivity contribution in [3.63, 3.8) is 0 Å². The van der Waals surface area contributed by atoms with Crippen LogP contribution in [0.5, 0.6) is 5.75 Å². The molecule has 0 spiro atoms. The fraction of sp³-hybridized carbons (Fsp3) is 0.405. The van der Waals surface area contributed by atoms with E-state index in [2.05, 4.69) is 70.0 Å². The van der Waals surface area contributed by atoms with Gasteiger partial charge in [-0.2, -0.15) is 10.2 Å². The zero-order chi connectivity index (χ0) is 35.6. The molecule has 0 radical (unpaired) electrons. The van der Waals surface area contributed by atoms with Crippen molar-refractivity contribution in [2.24, 2.45) is 5.41 Å². The van der Waals surface area contributed by atoms with Gasteiger partial charge in [-0.15, -0.1) is 0 Å². The molecule has 4 heterocycles. The van der Waals surface area contributed by atoms with E-state index in [0.717, 1.165) is 55.4 Å². The molecule has 0 bridgehead atoms. The molecule has 2 fully saturated rings. The van der Waals surface area contributed by atoms with E-state index >= 15 is 0 Å². The van der Waals surface area contributed by atoms with Crippen molar-refractivity contribution in [3.8, 4) is 11.4 Å². The molecule has 2 saturated heterocycles. The van der Waals surface area contributed by atoms with E-state index in [4.69, 9.17) is 37.4 Å². The molecule has 2 aliphatic rings. The van der Waals surface area contributed by atoms with Gasteiger partial charge in [0, 0.05) is 54.7 Å². The Morgan fingerprint density at radius 3 is 2.18 bits per heavy atom. The SMILES string of the molecule is CC(C)(C)CCn1ncn(-c2ccc(N3CCN(c4ccc(OCC5COC(Cn6cncn6)(c6ccc(Cl)cc6Cl)O5)cc4)CC3)cc2)c1=O. The minimum atomic E-state index is -1.16. The van der Waals surface area contributed by atoms with Gasteiger partial charge in [0.25, 0.3) is 0 Å². The number of rotatable bonds is 11. The number of aromatic nitrogens is 6. The summed E-state index contributed by atoms with van der Waals surface area (Å²) in [7, 11) is 0. The Morgan fingerprint density at radius 2 is 1.55 bits per heavy atom. The van der Waals surface area contributed by atoms with E-state index in [0.29, 0.717) is 35.4 Å². The fourth-order valence-electron chi connectivity index (χ4n) is 6.38. The van der Waals surface area contributed by atoms with Gasteiger partial charge in [0.2, 0.25) is 5.79 Å². The van der Waals surface area contributed by atoms with Crippen molar-refractivity contribution in [3.05, 3.63) is 112 Å². The lowest BCUT2D eigenvalue weighted by molar-refractivity contribution is -0.190. The Morgan fingerprint density at radius 1 is 0.882 bits per heavy atom. The summed E-state index contributed by atoms with van der Waals surface area (Å²) in [5.41, 5.74) is 3.79. The van der Waals surface area contributed by atoms with E-state index in [1.807, 2.05) is 30.3 Å². The monoisotopic (exact) mass is 732 g/mol. The molecule has 268 valence electrons. The second kappa shape index (κ2) is 14.7. The van der Waals surface area contributed by atoms with Gasteiger partial charge in [-0.25, -0.2) is 23.7 Å². The van der Waals surface area contributed by atoms with Crippen LogP contribution in [0.25, 0.3) is 5.69 Å². The van der Waals surface area contributed by atoms with Crippen LogP contribution < -0.4 is 20.2 Å². The molecule has 0 aliphatic carbocycles. The molecule has 3 aromatic carbocycles. The molecule has 2 aromatic heterocycles. The van der Waals surface area contributed by atoms with Crippen molar-refractivity contribution in [2.45, 2.75) is 52.2 Å². The first-order valence-electron chi connectivity index (χ1n) is 17.1. The summed E-state index contributed by atoms with van der Waals surface area (Å²) in [6.07, 6.45) is 5.23. The quantitative estimate of drug-likeness (QED) is 0.161. The predicted octanol–water partition coefficient (Wildman–Crippen LogP) is 6.04. The van der Waals surface area contributed by atoms with E-state index < -0.39 is 5.79 Å². The second-order valence-electron chi connectivity index (χ2n) is 14.1. The molecule has 2 unspecified atom stereocenters. The maximum atomic E-state index is 12.9. The molecule has 5 aromatic rings. The van der Waals surface area contributed by atoms with Crippen LogP contribution in [-0.2, 0) is 28.4 Å². The first-order valence-corrected chi connectivity index (χ1v) is 17.9. The smallest absolute Gasteiger partial charge is 0.350 e. The maximum absolute atomic E-state index is 12.9. The molecule has 0 N–H and O–H groups in total. The summed E-state index contributed by atoms with van der Waals surface area (Å²) in [5, 5.41) is 9.54. The second-order valence-corrected chi connectivity index (χ2v) is 15.0. The minimum absolute atomic E-state index is 0.112. The summed E-state index contributed by atoms with van der Waals surface area (Å²) in [6.45, 7) is 11.5. The third-order valence-corrected chi connectivity index (χ3v) is 9.80. The van der Waals surface area contributed by atoms with Crippen molar-refractivity contribution in [1.82, 2.24) is 29.1 Å². The Hall–Kier alpha value is -4.36. The third kappa shape index (κ3) is 8.09. The fourth-order valence-corrected chi connectivity index (χ4v) is 6.93. The summed E-state index contributed by atoms with van der Waals surface area (Å²) >= 11 is 12.8. The average Bonchev–Trinajstić information content (AvgIpc) is 3.88. The number of piperazine rings is 1. The van der Waals surface area contributed by atoms with Crippen LogP contribution in [0.2, 0.25) is 10.0 Å². The lowest BCUT2D eigenvalue weighted by atomic mass is 9.92. The molecular weight excluding hydrogens is 691 g/mol. The van der Waals surface area contributed by atoms with Crippen LogP contribution >= 0.6 is 23.2 Å². The van der Waals surface area contributed by atoms with Crippen LogP contribution in [0.15, 0.2) is 90.5 Å². The minimum Gasteiger partial charge on any atom is -0.491 e. The van der Waals surface area contributed by atoms with Gasteiger partial charge in [-0.05, 0) is 72.5 Å². The Labute approximate surface area is 307 Å². The number of benzene rings is 3. The first-order chi connectivity index (χ1) is 24.5. The highest BCUT2D eigenvalue weighted by Crippen LogP contribution is 2.40. The van der Waals surface area contributed by atoms with Gasteiger partial charge >= 0.3 is 5.69 Å². The predicted molar refractivity (Wildman–Crippen MR) is 197 cm³/mol. The van der Waals surface area contributed by atoms with Crippen LogP contribution in [0.1, 0.15) is 32.8 Å². The lowest BCUT2D eigenvalue weighted by Gasteiger charge is -2.37. The van der Waals surface area contributed by atoms with Gasteiger partial charge < -0.3 is 24.0 Å². The van der Waals surface area contributed by atoms with E-state index in [1.54, 1.807) is 38.7 Å². The first kappa shape index (κ1) is 35.1. The van der Waals surface area contributed by atoms with Crippen LogP contribution in [-0.4, -0.2) is 74.6 Å². The maximum Gasteiger partial charge on any atom is 0.350 e. The normalized spacial score (nSPS) is 19.5. The lowest BCUT2D eigenvalue weighted by Crippen LogP contribution is -2.46. The van der Waals surface area contributed by atoms with E-state index in [1.165, 1.54) is 6.33 Å². The molecule has 14 heteroatoms. The van der Waals surface area contributed by atoms with E-state index in [-0.39, 0.29) is 23.8 Å². The van der Waals surface area contributed by atoms with Gasteiger partial charge in [-0.3, -0.25) is 0 Å². The summed E-state index contributed by atoms with van der Waals surface area (Å²) in [4.78, 5) is 21.7. The number of hydrogen-bond acceptors (Lipinski definition) is 9. The molecular formula is C37H42Cl2N8O4. The van der Waals surface area contributed by atoms with Crippen LogP contribution in [0.4, 0.5) is 11.4 Å². The van der Waals surface area contributed by atoms with Crippen molar-refractivity contribution in [1.29, 1.82) is 0 Å². The Kier molecular flexibility index (Phi) is 10.1. The van der Waals surface area contributed by atoms with Gasteiger partial charge in [0.1, 0.15) is 44.0 Å². The number of halogens is 2. The summed E-state index contributed by atoms with van der Waals surface area (Å²) < 4.78 is 23.7. The molecule has 0 saturated carbocycles. The molecule has 2 aliphatic heterocycles. The number of ether oxygens (including phenoxy) is 3. The highest BCUT2D eigenvalue weighted by molar-refractivity contribution is 6.35. The van der Waals surface area contributed by atoms with Crippen molar-refractivity contribution < 1.29 is 14.2 Å². The number of nitrogens with zero attached hydrogens (tertiary/aromatic N) is 8. The summed E-state index contributed by atoms with van der Waals surface area (Å²) in [5.74, 6) is -0.411. The van der Waals surface area contributed by atoms with Crippen molar-refractivity contribution in [2.75, 3.05) is 49.2 Å². The molecule has 7 rings (SSSR count). The Balaban J connectivity index is 0.912. The number of aryl methyl sites for hydroxylation is 1. The van der Waals surface area contributed by atoms with Gasteiger partial charge in [0.15, 0.2) is 0 Å². The van der Waals surface area contributed by atoms with Crippen LogP contribution in [0, 0.1) is 5.41 Å². The van der Waals surface area contributed by atoms with E-state index in [9.17, 15) is 4.79 Å². The third-order valence-electron chi connectivity index (χ3n) is 9.26. The number of hydrogen-bond donors (Lipinski definition) is 0. The van der Waals surface area contributed by atoms with Crippen LogP contribution in [0.3, 0.4) is 0 Å². The topological polar surface area (TPSA) is 105 Å². The average molecular weight is 734 g/mol.